The fourth-order valence-electron chi connectivity index (χ4n) is 2.02. The molecule has 2 aromatic rings. The van der Waals surface area contributed by atoms with Gasteiger partial charge in [-0.15, -0.1) is 0 Å². The van der Waals surface area contributed by atoms with Crippen LogP contribution in [0, 0.1) is 24.1 Å². The van der Waals surface area contributed by atoms with Gasteiger partial charge in [0, 0.05) is 11.8 Å². The molecule has 0 saturated heterocycles. The smallest absolute Gasteiger partial charge is 0.140 e. The van der Waals surface area contributed by atoms with Crippen molar-refractivity contribution in [2.75, 3.05) is 12.4 Å². The molecule has 1 atom stereocenters. The van der Waals surface area contributed by atoms with E-state index in [1.54, 1.807) is 20.1 Å². The molecule has 0 aliphatic heterocycles. The van der Waals surface area contributed by atoms with Crippen LogP contribution < -0.4 is 10.1 Å². The summed E-state index contributed by atoms with van der Waals surface area (Å²) in [5.74, 6) is 0.409. The van der Waals surface area contributed by atoms with Gasteiger partial charge >= 0.3 is 0 Å². The second-order valence-electron chi connectivity index (χ2n) is 4.44. The van der Waals surface area contributed by atoms with Crippen LogP contribution >= 0.6 is 0 Å². The first kappa shape index (κ1) is 13.9. The van der Waals surface area contributed by atoms with Gasteiger partial charge in [0.1, 0.15) is 17.6 Å². The number of benzene rings is 2. The van der Waals surface area contributed by atoms with E-state index in [1.165, 1.54) is 12.1 Å². The number of nitrogens with zero attached hydrogens (tertiary/aromatic N) is 1. The summed E-state index contributed by atoms with van der Waals surface area (Å²) in [6, 6.07) is 13.4. The molecule has 0 aliphatic carbocycles. The van der Waals surface area contributed by atoms with Crippen LogP contribution in [0.2, 0.25) is 0 Å². The fraction of sp³-hybridized carbons (Fsp3) is 0.188. The van der Waals surface area contributed by atoms with Crippen LogP contribution in [0.15, 0.2) is 42.5 Å². The quantitative estimate of drug-likeness (QED) is 0.918. The maximum atomic E-state index is 13.1. The van der Waals surface area contributed by atoms with Gasteiger partial charge in [-0.25, -0.2) is 4.39 Å². The number of nitrogens with one attached hydrogen (secondary N) is 1. The summed E-state index contributed by atoms with van der Waals surface area (Å²) in [6.07, 6.45) is 0. The Morgan fingerprint density at radius 2 is 2.05 bits per heavy atom. The predicted octanol–water partition coefficient (Wildman–Crippen LogP) is 3.82. The maximum Gasteiger partial charge on any atom is 0.140 e. The van der Waals surface area contributed by atoms with E-state index in [2.05, 4.69) is 11.4 Å². The van der Waals surface area contributed by atoms with Crippen LogP contribution in [0.25, 0.3) is 0 Å². The molecule has 1 unspecified atom stereocenters. The van der Waals surface area contributed by atoms with Crippen molar-refractivity contribution < 1.29 is 9.13 Å². The molecular weight excluding hydrogens is 255 g/mol. The first-order valence-electron chi connectivity index (χ1n) is 6.20. The molecule has 0 heterocycles. The van der Waals surface area contributed by atoms with Crippen molar-refractivity contribution in [2.45, 2.75) is 13.0 Å². The Hall–Kier alpha value is -2.54. The lowest BCUT2D eigenvalue weighted by Crippen LogP contribution is -2.10. The summed E-state index contributed by atoms with van der Waals surface area (Å²) in [7, 11) is 1.59. The SMILES string of the molecule is COc1cccc(NC(C#N)c2ccc(F)cc2C)c1. The van der Waals surface area contributed by atoms with Crippen molar-refractivity contribution in [1.29, 1.82) is 5.26 Å². The van der Waals surface area contributed by atoms with E-state index in [-0.39, 0.29) is 5.82 Å². The third kappa shape index (κ3) is 3.07. The Bertz CT molecular complexity index is 649. The first-order valence-corrected chi connectivity index (χ1v) is 6.20. The number of ether oxygens (including phenoxy) is 1. The summed E-state index contributed by atoms with van der Waals surface area (Å²) in [5.41, 5.74) is 2.28. The molecule has 0 amide bonds. The van der Waals surface area contributed by atoms with Crippen LogP contribution in [-0.4, -0.2) is 7.11 Å². The molecule has 1 N–H and O–H groups in total. The molecule has 0 bridgehead atoms. The van der Waals surface area contributed by atoms with Gasteiger partial charge in [-0.1, -0.05) is 12.1 Å². The summed E-state index contributed by atoms with van der Waals surface area (Å²) < 4.78 is 18.3. The van der Waals surface area contributed by atoms with Gasteiger partial charge < -0.3 is 10.1 Å². The topological polar surface area (TPSA) is 45.0 Å². The number of halogens is 1. The maximum absolute atomic E-state index is 13.1. The van der Waals surface area contributed by atoms with Gasteiger partial charge in [0.2, 0.25) is 0 Å². The van der Waals surface area contributed by atoms with E-state index >= 15 is 0 Å². The highest BCUT2D eigenvalue weighted by atomic mass is 19.1. The number of rotatable bonds is 4. The van der Waals surface area contributed by atoms with E-state index < -0.39 is 6.04 Å². The predicted molar refractivity (Wildman–Crippen MR) is 76.1 cm³/mol. The van der Waals surface area contributed by atoms with Crippen LogP contribution in [-0.2, 0) is 0 Å². The molecule has 2 rings (SSSR count). The van der Waals surface area contributed by atoms with E-state index in [0.29, 0.717) is 5.75 Å². The number of hydrogen-bond acceptors (Lipinski definition) is 3. The molecule has 102 valence electrons. The lowest BCUT2D eigenvalue weighted by molar-refractivity contribution is 0.415. The van der Waals surface area contributed by atoms with Crippen molar-refractivity contribution in [3.05, 3.63) is 59.4 Å². The summed E-state index contributed by atoms with van der Waals surface area (Å²) >= 11 is 0. The zero-order valence-electron chi connectivity index (χ0n) is 11.4. The zero-order chi connectivity index (χ0) is 14.5. The van der Waals surface area contributed by atoms with Crippen LogP contribution in [0.3, 0.4) is 0 Å². The van der Waals surface area contributed by atoms with Crippen molar-refractivity contribution >= 4 is 5.69 Å². The highest BCUT2D eigenvalue weighted by molar-refractivity contribution is 5.52. The van der Waals surface area contributed by atoms with Crippen molar-refractivity contribution in [2.24, 2.45) is 0 Å². The van der Waals surface area contributed by atoms with Crippen molar-refractivity contribution in [1.82, 2.24) is 0 Å². The highest BCUT2D eigenvalue weighted by Gasteiger charge is 2.13. The minimum atomic E-state index is -0.539. The Morgan fingerprint density at radius 3 is 2.70 bits per heavy atom. The van der Waals surface area contributed by atoms with Gasteiger partial charge in [-0.2, -0.15) is 5.26 Å². The third-order valence-corrected chi connectivity index (χ3v) is 3.05. The van der Waals surface area contributed by atoms with Gasteiger partial charge in [0.15, 0.2) is 0 Å². The lowest BCUT2D eigenvalue weighted by Gasteiger charge is -2.16. The summed E-state index contributed by atoms with van der Waals surface area (Å²) in [6.45, 7) is 1.79. The number of aryl methyl sites for hydroxylation is 1. The van der Waals surface area contributed by atoms with E-state index in [0.717, 1.165) is 16.8 Å². The van der Waals surface area contributed by atoms with Gasteiger partial charge in [-0.3, -0.25) is 0 Å². The molecule has 0 aromatic heterocycles. The minimum Gasteiger partial charge on any atom is -0.497 e. The van der Waals surface area contributed by atoms with Crippen LogP contribution in [0.1, 0.15) is 17.2 Å². The molecule has 0 aliphatic rings. The van der Waals surface area contributed by atoms with Gasteiger partial charge in [0.25, 0.3) is 0 Å². The van der Waals surface area contributed by atoms with E-state index in [1.807, 2.05) is 24.3 Å². The Morgan fingerprint density at radius 1 is 1.25 bits per heavy atom. The Labute approximate surface area is 117 Å². The molecular formula is C16H15FN2O. The number of hydrogen-bond donors (Lipinski definition) is 1. The summed E-state index contributed by atoms with van der Waals surface area (Å²) in [5, 5.41) is 12.4. The minimum absolute atomic E-state index is 0.302. The zero-order valence-corrected chi connectivity index (χ0v) is 11.4. The summed E-state index contributed by atoms with van der Waals surface area (Å²) in [4.78, 5) is 0. The molecule has 0 fully saturated rings. The van der Waals surface area contributed by atoms with E-state index in [4.69, 9.17) is 4.74 Å². The Kier molecular flexibility index (Phi) is 4.21. The van der Waals surface area contributed by atoms with Crippen LogP contribution in [0.4, 0.5) is 10.1 Å². The molecule has 0 saturated carbocycles. The van der Waals surface area contributed by atoms with Gasteiger partial charge in [-0.05, 0) is 42.3 Å². The number of methoxy groups -OCH3 is 1. The second-order valence-corrected chi connectivity index (χ2v) is 4.44. The van der Waals surface area contributed by atoms with Crippen molar-refractivity contribution in [3.8, 4) is 11.8 Å². The fourth-order valence-corrected chi connectivity index (χ4v) is 2.02. The number of anilines is 1. The average Bonchev–Trinajstić information content (AvgIpc) is 2.45. The molecule has 2 aromatic carbocycles. The van der Waals surface area contributed by atoms with E-state index in [9.17, 15) is 9.65 Å². The second kappa shape index (κ2) is 6.07. The largest absolute Gasteiger partial charge is 0.497 e. The number of nitriles is 1. The normalized spacial score (nSPS) is 11.5. The Balaban J connectivity index is 2.27. The molecule has 4 heteroatoms. The monoisotopic (exact) mass is 270 g/mol. The first-order chi connectivity index (χ1) is 9.63. The third-order valence-electron chi connectivity index (χ3n) is 3.05. The van der Waals surface area contributed by atoms with Crippen molar-refractivity contribution in [3.63, 3.8) is 0 Å². The molecule has 0 radical (unpaired) electrons. The lowest BCUT2D eigenvalue weighted by atomic mass is 10.0. The average molecular weight is 270 g/mol. The highest BCUT2D eigenvalue weighted by Crippen LogP contribution is 2.24. The molecule has 0 spiro atoms. The molecule has 20 heavy (non-hydrogen) atoms. The standard InChI is InChI=1S/C16H15FN2O/c1-11-8-12(17)6-7-15(11)16(10-18)19-13-4-3-5-14(9-13)20-2/h3-9,16,19H,1-2H3. The molecule has 3 nitrogen and oxygen atoms in total. The van der Waals surface area contributed by atoms with Gasteiger partial charge in [0.05, 0.1) is 13.2 Å². The van der Waals surface area contributed by atoms with Crippen LogP contribution in [0.5, 0.6) is 5.75 Å².